The van der Waals surface area contributed by atoms with Crippen LogP contribution in [0.25, 0.3) is 0 Å². The molecule has 0 N–H and O–H groups in total. The van der Waals surface area contributed by atoms with Crippen LogP contribution in [0.1, 0.15) is 23.9 Å². The average Bonchev–Trinajstić information content (AvgIpc) is 2.53. The minimum atomic E-state index is 0.320. The highest BCUT2D eigenvalue weighted by atomic mass is 15.5. The fourth-order valence-corrected chi connectivity index (χ4v) is 1.44. The van der Waals surface area contributed by atoms with Gasteiger partial charge in [-0.1, -0.05) is 0 Å². The Labute approximate surface area is 77.3 Å². The predicted octanol–water partition coefficient (Wildman–Crippen LogP) is 1.15. The fraction of sp³-hybridized carbons (Fsp3) is 0.444. The van der Waals surface area contributed by atoms with Gasteiger partial charge in [0.2, 0.25) is 0 Å². The summed E-state index contributed by atoms with van der Waals surface area (Å²) in [6.07, 6.45) is 6.61. The van der Waals surface area contributed by atoms with E-state index in [9.17, 15) is 0 Å². The van der Waals surface area contributed by atoms with Gasteiger partial charge in [-0.2, -0.15) is 5.10 Å². The van der Waals surface area contributed by atoms with Crippen LogP contribution in [0.4, 0.5) is 0 Å². The van der Waals surface area contributed by atoms with Crippen LogP contribution in [0.5, 0.6) is 0 Å². The van der Waals surface area contributed by atoms with E-state index in [0.717, 1.165) is 17.8 Å². The van der Waals surface area contributed by atoms with E-state index in [2.05, 4.69) is 15.1 Å². The van der Waals surface area contributed by atoms with Crippen LogP contribution in [0.15, 0.2) is 17.5 Å². The molecule has 0 amide bonds. The SMILES string of the molecule is Cc1ncc(C2CC=NN2C)cn1. The lowest BCUT2D eigenvalue weighted by molar-refractivity contribution is 0.289. The van der Waals surface area contributed by atoms with Crippen molar-refractivity contribution in [1.82, 2.24) is 15.0 Å². The molecule has 2 heterocycles. The van der Waals surface area contributed by atoms with Gasteiger partial charge in [-0.25, -0.2) is 9.97 Å². The lowest BCUT2D eigenvalue weighted by Crippen LogP contribution is -2.14. The quantitative estimate of drug-likeness (QED) is 0.644. The van der Waals surface area contributed by atoms with Crippen LogP contribution in [-0.2, 0) is 0 Å². The third-order valence-corrected chi connectivity index (χ3v) is 2.23. The first kappa shape index (κ1) is 8.16. The number of hydrazone groups is 1. The van der Waals surface area contributed by atoms with Gasteiger partial charge in [0.25, 0.3) is 0 Å². The van der Waals surface area contributed by atoms with E-state index in [1.807, 2.05) is 37.6 Å². The van der Waals surface area contributed by atoms with Gasteiger partial charge in [-0.15, -0.1) is 0 Å². The summed E-state index contributed by atoms with van der Waals surface area (Å²) in [6, 6.07) is 0.320. The smallest absolute Gasteiger partial charge is 0.125 e. The van der Waals surface area contributed by atoms with Crippen molar-refractivity contribution in [3.8, 4) is 0 Å². The van der Waals surface area contributed by atoms with Gasteiger partial charge in [-0.3, -0.25) is 5.01 Å². The lowest BCUT2D eigenvalue weighted by Gasteiger charge is -2.18. The van der Waals surface area contributed by atoms with E-state index in [-0.39, 0.29) is 0 Å². The van der Waals surface area contributed by atoms with E-state index < -0.39 is 0 Å². The van der Waals surface area contributed by atoms with Crippen LogP contribution in [0, 0.1) is 6.92 Å². The zero-order chi connectivity index (χ0) is 9.26. The molecule has 0 bridgehead atoms. The maximum absolute atomic E-state index is 4.17. The largest absolute Gasteiger partial charge is 0.292 e. The van der Waals surface area contributed by atoms with Gasteiger partial charge in [0, 0.05) is 37.6 Å². The highest BCUT2D eigenvalue weighted by Gasteiger charge is 2.19. The predicted molar refractivity (Wildman–Crippen MR) is 50.4 cm³/mol. The summed E-state index contributed by atoms with van der Waals surface area (Å²) in [7, 11) is 1.97. The van der Waals surface area contributed by atoms with Gasteiger partial charge < -0.3 is 0 Å². The van der Waals surface area contributed by atoms with Crippen molar-refractivity contribution in [2.45, 2.75) is 19.4 Å². The number of nitrogens with zero attached hydrogens (tertiary/aromatic N) is 4. The van der Waals surface area contributed by atoms with Crippen molar-refractivity contribution in [3.63, 3.8) is 0 Å². The average molecular weight is 176 g/mol. The Morgan fingerprint density at radius 2 is 2.08 bits per heavy atom. The Balaban J connectivity index is 2.21. The molecule has 68 valence electrons. The third kappa shape index (κ3) is 1.52. The Morgan fingerprint density at radius 3 is 2.62 bits per heavy atom. The molecule has 0 aliphatic carbocycles. The molecule has 0 aromatic carbocycles. The van der Waals surface area contributed by atoms with Gasteiger partial charge in [0.05, 0.1) is 6.04 Å². The molecule has 1 aliphatic rings. The van der Waals surface area contributed by atoms with Crippen LogP contribution in [-0.4, -0.2) is 28.2 Å². The maximum atomic E-state index is 4.17. The van der Waals surface area contributed by atoms with Crippen LogP contribution >= 0.6 is 0 Å². The summed E-state index contributed by atoms with van der Waals surface area (Å²) < 4.78 is 0. The Bertz CT molecular complexity index is 317. The summed E-state index contributed by atoms with van der Waals surface area (Å²) in [4.78, 5) is 8.33. The highest BCUT2D eigenvalue weighted by Crippen LogP contribution is 2.24. The molecule has 1 unspecified atom stereocenters. The molecule has 2 rings (SSSR count). The van der Waals surface area contributed by atoms with Crippen molar-refractivity contribution < 1.29 is 0 Å². The van der Waals surface area contributed by atoms with Crippen molar-refractivity contribution in [3.05, 3.63) is 23.8 Å². The molecule has 0 saturated heterocycles. The summed E-state index contributed by atoms with van der Waals surface area (Å²) in [6.45, 7) is 1.89. The zero-order valence-corrected chi connectivity index (χ0v) is 7.81. The summed E-state index contributed by atoms with van der Waals surface area (Å²) in [5.41, 5.74) is 1.13. The van der Waals surface area contributed by atoms with Gasteiger partial charge >= 0.3 is 0 Å². The number of hydrogen-bond donors (Lipinski definition) is 0. The topological polar surface area (TPSA) is 41.4 Å². The first-order chi connectivity index (χ1) is 6.27. The molecular weight excluding hydrogens is 164 g/mol. The van der Waals surface area contributed by atoms with E-state index in [1.165, 1.54) is 0 Å². The highest BCUT2D eigenvalue weighted by molar-refractivity contribution is 5.60. The molecule has 0 saturated carbocycles. The summed E-state index contributed by atoms with van der Waals surface area (Å²) >= 11 is 0. The summed E-state index contributed by atoms with van der Waals surface area (Å²) in [5.74, 6) is 0.810. The molecule has 4 nitrogen and oxygen atoms in total. The second-order valence-corrected chi connectivity index (χ2v) is 3.19. The molecule has 4 heteroatoms. The minimum absolute atomic E-state index is 0.320. The van der Waals surface area contributed by atoms with Crippen LogP contribution < -0.4 is 0 Å². The molecule has 1 aliphatic heterocycles. The van der Waals surface area contributed by atoms with E-state index in [1.54, 1.807) is 0 Å². The second kappa shape index (κ2) is 3.12. The Hall–Kier alpha value is -1.45. The first-order valence-corrected chi connectivity index (χ1v) is 4.31. The molecule has 1 aromatic rings. The number of aromatic nitrogens is 2. The number of rotatable bonds is 1. The van der Waals surface area contributed by atoms with Crippen molar-refractivity contribution >= 4 is 6.21 Å². The zero-order valence-electron chi connectivity index (χ0n) is 7.81. The molecule has 1 atom stereocenters. The Morgan fingerprint density at radius 1 is 1.38 bits per heavy atom. The second-order valence-electron chi connectivity index (χ2n) is 3.19. The molecule has 0 fully saturated rings. The molecular formula is C9H12N4. The van der Waals surface area contributed by atoms with Crippen LogP contribution in [0.2, 0.25) is 0 Å². The molecule has 13 heavy (non-hydrogen) atoms. The van der Waals surface area contributed by atoms with Gasteiger partial charge in [0.15, 0.2) is 0 Å². The van der Waals surface area contributed by atoms with E-state index >= 15 is 0 Å². The molecule has 0 spiro atoms. The summed E-state index contributed by atoms with van der Waals surface area (Å²) in [5, 5.41) is 6.11. The fourth-order valence-electron chi connectivity index (χ4n) is 1.44. The maximum Gasteiger partial charge on any atom is 0.125 e. The molecule has 0 radical (unpaired) electrons. The Kier molecular flexibility index (Phi) is 1.96. The third-order valence-electron chi connectivity index (χ3n) is 2.23. The van der Waals surface area contributed by atoms with Crippen molar-refractivity contribution in [1.29, 1.82) is 0 Å². The van der Waals surface area contributed by atoms with Gasteiger partial charge in [-0.05, 0) is 6.92 Å². The standard InChI is InChI=1S/C9H12N4/c1-7-10-5-8(6-11-7)9-3-4-12-13(9)2/h4-6,9H,3H2,1-2H3. The number of aryl methyl sites for hydroxylation is 1. The first-order valence-electron chi connectivity index (χ1n) is 4.31. The van der Waals surface area contributed by atoms with Crippen molar-refractivity contribution in [2.75, 3.05) is 7.05 Å². The number of hydrogen-bond acceptors (Lipinski definition) is 4. The van der Waals surface area contributed by atoms with Crippen LogP contribution in [0.3, 0.4) is 0 Å². The lowest BCUT2D eigenvalue weighted by atomic mass is 10.1. The normalized spacial score (nSPS) is 21.1. The minimum Gasteiger partial charge on any atom is -0.292 e. The monoisotopic (exact) mass is 176 g/mol. The van der Waals surface area contributed by atoms with Gasteiger partial charge in [0.1, 0.15) is 5.82 Å². The van der Waals surface area contributed by atoms with Crippen molar-refractivity contribution in [2.24, 2.45) is 5.10 Å². The van der Waals surface area contributed by atoms with E-state index in [4.69, 9.17) is 0 Å². The molecule has 1 aromatic heterocycles. The van der Waals surface area contributed by atoms with E-state index in [0.29, 0.717) is 6.04 Å².